The van der Waals surface area contributed by atoms with Crippen LogP contribution in [-0.4, -0.2) is 22.9 Å². The van der Waals surface area contributed by atoms with Crippen LogP contribution in [0, 0.1) is 12.8 Å². The van der Waals surface area contributed by atoms with Gasteiger partial charge in [-0.2, -0.15) is 0 Å². The number of hydrogen-bond acceptors (Lipinski definition) is 2. The van der Waals surface area contributed by atoms with Gasteiger partial charge in [0.25, 0.3) is 5.91 Å². The molecule has 0 aliphatic rings. The van der Waals surface area contributed by atoms with Gasteiger partial charge >= 0.3 is 0 Å². The Balaban J connectivity index is 2.74. The monoisotopic (exact) mass is 269 g/mol. The van der Waals surface area contributed by atoms with Crippen LogP contribution in [0.2, 0.25) is 0 Å². The predicted molar refractivity (Wildman–Crippen MR) is 74.3 cm³/mol. The van der Waals surface area contributed by atoms with E-state index in [1.165, 1.54) is 6.07 Å². The molecule has 100 valence electrons. The number of alkyl halides is 1. The van der Waals surface area contributed by atoms with Crippen molar-refractivity contribution in [2.24, 2.45) is 5.92 Å². The second-order valence-corrected chi connectivity index (χ2v) is 5.26. The molecule has 18 heavy (non-hydrogen) atoms. The third-order valence-corrected chi connectivity index (χ3v) is 3.10. The summed E-state index contributed by atoms with van der Waals surface area (Å²) in [5.74, 6) is 0.912. The minimum atomic E-state index is -0.140. The van der Waals surface area contributed by atoms with E-state index in [-0.39, 0.29) is 17.7 Å². The minimum Gasteiger partial charge on any atom is -0.508 e. The third kappa shape index (κ3) is 4.22. The fraction of sp³-hybridized carbons (Fsp3) is 0.500. The minimum absolute atomic E-state index is 0.0210. The first kappa shape index (κ1) is 14.8. The highest BCUT2D eigenvalue weighted by Gasteiger charge is 2.15. The van der Waals surface area contributed by atoms with Crippen molar-refractivity contribution in [1.82, 2.24) is 5.32 Å². The average Bonchev–Trinajstić information content (AvgIpc) is 2.27. The van der Waals surface area contributed by atoms with Crippen molar-refractivity contribution < 1.29 is 9.90 Å². The zero-order valence-corrected chi connectivity index (χ0v) is 11.8. The van der Waals surface area contributed by atoms with E-state index >= 15 is 0 Å². The van der Waals surface area contributed by atoms with E-state index in [0.29, 0.717) is 17.4 Å². The molecule has 0 fully saturated rings. The Labute approximate surface area is 113 Å². The number of carbonyl (C=O) groups is 1. The number of aromatic hydroxyl groups is 1. The lowest BCUT2D eigenvalue weighted by Gasteiger charge is -2.18. The molecule has 1 amide bonds. The molecule has 4 heteroatoms. The summed E-state index contributed by atoms with van der Waals surface area (Å²) < 4.78 is 0. The SMILES string of the molecule is Cc1cc(O)ccc1C(=O)NC(CCl)CC(C)C. The topological polar surface area (TPSA) is 49.3 Å². The molecule has 0 saturated heterocycles. The van der Waals surface area contributed by atoms with Crippen molar-refractivity contribution in [3.8, 4) is 5.75 Å². The van der Waals surface area contributed by atoms with Gasteiger partial charge in [0.05, 0.1) is 0 Å². The molecule has 0 aliphatic heterocycles. The largest absolute Gasteiger partial charge is 0.508 e. The molecule has 0 heterocycles. The Morgan fingerprint density at radius 1 is 1.44 bits per heavy atom. The summed E-state index contributed by atoms with van der Waals surface area (Å²) in [5, 5.41) is 12.2. The summed E-state index contributed by atoms with van der Waals surface area (Å²) in [6.07, 6.45) is 0.854. The molecule has 0 bridgehead atoms. The Kier molecular flexibility index (Phi) is 5.48. The van der Waals surface area contributed by atoms with Gasteiger partial charge in [-0.1, -0.05) is 13.8 Å². The summed E-state index contributed by atoms with van der Waals surface area (Å²) in [6.45, 7) is 5.99. The van der Waals surface area contributed by atoms with Gasteiger partial charge in [0.15, 0.2) is 0 Å². The van der Waals surface area contributed by atoms with Gasteiger partial charge in [0.1, 0.15) is 5.75 Å². The first-order valence-electron chi connectivity index (χ1n) is 6.10. The Morgan fingerprint density at radius 3 is 2.61 bits per heavy atom. The van der Waals surface area contributed by atoms with E-state index in [4.69, 9.17) is 11.6 Å². The molecule has 2 N–H and O–H groups in total. The number of halogens is 1. The lowest BCUT2D eigenvalue weighted by molar-refractivity contribution is 0.0936. The predicted octanol–water partition coefficient (Wildman–Crippen LogP) is 3.08. The highest BCUT2D eigenvalue weighted by Crippen LogP contribution is 2.16. The zero-order valence-electron chi connectivity index (χ0n) is 11.0. The number of rotatable bonds is 5. The van der Waals surface area contributed by atoms with E-state index in [1.54, 1.807) is 19.1 Å². The second kappa shape index (κ2) is 6.64. The molecular formula is C14H20ClNO2. The fourth-order valence-electron chi connectivity index (χ4n) is 1.90. The van der Waals surface area contributed by atoms with Crippen LogP contribution in [0.1, 0.15) is 36.2 Å². The van der Waals surface area contributed by atoms with Crippen LogP contribution in [0.25, 0.3) is 0 Å². The van der Waals surface area contributed by atoms with Gasteiger partial charge < -0.3 is 10.4 Å². The van der Waals surface area contributed by atoms with E-state index in [2.05, 4.69) is 19.2 Å². The molecule has 1 unspecified atom stereocenters. The average molecular weight is 270 g/mol. The van der Waals surface area contributed by atoms with Crippen LogP contribution >= 0.6 is 11.6 Å². The quantitative estimate of drug-likeness (QED) is 0.807. The number of amides is 1. The number of aryl methyl sites for hydroxylation is 1. The highest BCUT2D eigenvalue weighted by molar-refractivity contribution is 6.18. The highest BCUT2D eigenvalue weighted by atomic mass is 35.5. The van der Waals surface area contributed by atoms with Crippen molar-refractivity contribution in [3.63, 3.8) is 0 Å². The second-order valence-electron chi connectivity index (χ2n) is 4.95. The maximum absolute atomic E-state index is 12.1. The molecule has 3 nitrogen and oxygen atoms in total. The molecule has 0 aromatic heterocycles. The van der Waals surface area contributed by atoms with Crippen LogP contribution in [0.4, 0.5) is 0 Å². The van der Waals surface area contributed by atoms with E-state index in [1.807, 2.05) is 0 Å². The third-order valence-electron chi connectivity index (χ3n) is 2.73. The van der Waals surface area contributed by atoms with Gasteiger partial charge in [-0.05, 0) is 43.0 Å². The summed E-state index contributed by atoms with van der Waals surface area (Å²) in [5.41, 5.74) is 1.33. The molecule has 1 rings (SSSR count). The molecule has 1 aromatic rings. The smallest absolute Gasteiger partial charge is 0.251 e. The summed E-state index contributed by atoms with van der Waals surface area (Å²) >= 11 is 5.85. The number of carbonyl (C=O) groups excluding carboxylic acids is 1. The molecule has 0 saturated carbocycles. The number of phenols is 1. The molecule has 0 spiro atoms. The zero-order chi connectivity index (χ0) is 13.7. The first-order chi connectivity index (χ1) is 8.43. The summed E-state index contributed by atoms with van der Waals surface area (Å²) in [4.78, 5) is 12.1. The van der Waals surface area contributed by atoms with Crippen LogP contribution < -0.4 is 5.32 Å². The number of hydrogen-bond donors (Lipinski definition) is 2. The van der Waals surface area contributed by atoms with Crippen molar-refractivity contribution in [1.29, 1.82) is 0 Å². The van der Waals surface area contributed by atoms with E-state index < -0.39 is 0 Å². The standard InChI is InChI=1S/C14H20ClNO2/c1-9(2)6-11(8-15)16-14(18)13-5-4-12(17)7-10(13)3/h4-5,7,9,11,17H,6,8H2,1-3H3,(H,16,18). The van der Waals surface area contributed by atoms with Gasteiger partial charge in [-0.25, -0.2) is 0 Å². The summed E-state index contributed by atoms with van der Waals surface area (Å²) in [7, 11) is 0. The van der Waals surface area contributed by atoms with E-state index in [9.17, 15) is 9.90 Å². The van der Waals surface area contributed by atoms with Gasteiger partial charge in [-0.3, -0.25) is 4.79 Å². The molecule has 1 atom stereocenters. The van der Waals surface area contributed by atoms with Crippen LogP contribution in [0.3, 0.4) is 0 Å². The maximum atomic E-state index is 12.1. The Morgan fingerprint density at radius 2 is 2.11 bits per heavy atom. The number of phenolic OH excluding ortho intramolecular Hbond substituents is 1. The molecule has 0 radical (unpaired) electrons. The van der Waals surface area contributed by atoms with Gasteiger partial charge in [0.2, 0.25) is 0 Å². The van der Waals surface area contributed by atoms with Crippen molar-refractivity contribution in [3.05, 3.63) is 29.3 Å². The lowest BCUT2D eigenvalue weighted by Crippen LogP contribution is -2.37. The first-order valence-corrected chi connectivity index (χ1v) is 6.64. The van der Waals surface area contributed by atoms with Gasteiger partial charge in [-0.15, -0.1) is 11.6 Å². The van der Waals surface area contributed by atoms with Crippen LogP contribution in [-0.2, 0) is 0 Å². The van der Waals surface area contributed by atoms with E-state index in [0.717, 1.165) is 12.0 Å². The van der Waals surface area contributed by atoms with Crippen LogP contribution in [0.5, 0.6) is 5.75 Å². The molecule has 0 aliphatic carbocycles. The van der Waals surface area contributed by atoms with Crippen molar-refractivity contribution >= 4 is 17.5 Å². The normalized spacial score (nSPS) is 12.5. The van der Waals surface area contributed by atoms with Crippen molar-refractivity contribution in [2.45, 2.75) is 33.2 Å². The maximum Gasteiger partial charge on any atom is 0.251 e. The van der Waals surface area contributed by atoms with Crippen molar-refractivity contribution in [2.75, 3.05) is 5.88 Å². The Bertz CT molecular complexity index is 418. The number of benzene rings is 1. The van der Waals surface area contributed by atoms with Gasteiger partial charge in [0, 0.05) is 17.5 Å². The molecule has 1 aromatic carbocycles. The number of nitrogens with one attached hydrogen (secondary N) is 1. The van der Waals surface area contributed by atoms with Crippen LogP contribution in [0.15, 0.2) is 18.2 Å². The Hall–Kier alpha value is -1.22. The molecular weight excluding hydrogens is 250 g/mol. The lowest BCUT2D eigenvalue weighted by atomic mass is 10.0. The summed E-state index contributed by atoms with van der Waals surface area (Å²) in [6, 6.07) is 4.70. The fourth-order valence-corrected chi connectivity index (χ4v) is 2.10.